The summed E-state index contributed by atoms with van der Waals surface area (Å²) < 4.78 is 8.91. The van der Waals surface area contributed by atoms with Crippen molar-refractivity contribution in [3.63, 3.8) is 0 Å². The van der Waals surface area contributed by atoms with Gasteiger partial charge in [-0.2, -0.15) is 15.2 Å². The smallest absolute Gasteiger partial charge is 0.242 e. The predicted molar refractivity (Wildman–Crippen MR) is 76.3 cm³/mol. The first-order chi connectivity index (χ1) is 10.3. The molecule has 0 bridgehead atoms. The quantitative estimate of drug-likeness (QED) is 0.559. The van der Waals surface area contributed by atoms with Crippen LogP contribution in [0.25, 0.3) is 22.3 Å². The zero-order valence-corrected chi connectivity index (χ0v) is 11.6. The highest BCUT2D eigenvalue weighted by molar-refractivity contribution is 5.84. The summed E-state index contributed by atoms with van der Waals surface area (Å²) in [5, 5.41) is 8.54. The highest BCUT2D eigenvalue weighted by Gasteiger charge is 2.14. The molecular weight excluding hydrogens is 268 g/mol. The number of aryl methyl sites for hydroxylation is 1. The van der Waals surface area contributed by atoms with Crippen molar-refractivity contribution < 1.29 is 4.74 Å². The number of rotatable bonds is 2. The van der Waals surface area contributed by atoms with Crippen LogP contribution in [0.4, 0.5) is 0 Å². The molecule has 0 amide bonds. The number of fused-ring (bicyclic) bond motifs is 2. The fourth-order valence-corrected chi connectivity index (χ4v) is 2.45. The summed E-state index contributed by atoms with van der Waals surface area (Å²) in [4.78, 5) is 8.49. The first kappa shape index (κ1) is 11.8. The van der Waals surface area contributed by atoms with Crippen molar-refractivity contribution in [3.8, 4) is 17.0 Å². The maximum atomic E-state index is 5.39. The molecule has 0 fully saturated rings. The summed E-state index contributed by atoms with van der Waals surface area (Å²) in [5.74, 6) is 1.22. The fraction of sp³-hybridized carbons (Fsp3) is 0.143. The summed E-state index contributed by atoms with van der Waals surface area (Å²) in [6, 6.07) is 5.91. The maximum Gasteiger partial charge on any atom is 0.242 e. The van der Waals surface area contributed by atoms with E-state index in [0.717, 1.165) is 22.3 Å². The Kier molecular flexibility index (Phi) is 2.41. The molecule has 104 valence electrons. The molecule has 4 rings (SSSR count). The standard InChI is InChI=1S/C14H12N6O/c1-9-17-14(21-2)13-11(5-6-19(13)18-9)10-3-4-12-15-8-16-20(12)7-10/h3-8H,1-2H3. The molecule has 4 aromatic heterocycles. The van der Waals surface area contributed by atoms with Crippen molar-refractivity contribution in [2.45, 2.75) is 6.92 Å². The van der Waals surface area contributed by atoms with Crippen molar-refractivity contribution in [2.75, 3.05) is 7.11 Å². The first-order valence-corrected chi connectivity index (χ1v) is 6.46. The zero-order valence-electron chi connectivity index (χ0n) is 11.6. The highest BCUT2D eigenvalue weighted by atomic mass is 16.5. The number of hydrogen-bond donors (Lipinski definition) is 0. The minimum Gasteiger partial charge on any atom is -0.479 e. The van der Waals surface area contributed by atoms with Crippen molar-refractivity contribution in [1.29, 1.82) is 0 Å². The normalized spacial score (nSPS) is 11.3. The van der Waals surface area contributed by atoms with Crippen LogP contribution in [0.15, 0.2) is 36.9 Å². The minimum atomic E-state index is 0.557. The molecule has 0 saturated carbocycles. The van der Waals surface area contributed by atoms with Gasteiger partial charge in [0.2, 0.25) is 5.88 Å². The SMILES string of the molecule is COc1nc(C)nn2ccc(-c3ccc4ncnn4c3)c12. The number of nitrogens with zero attached hydrogens (tertiary/aromatic N) is 6. The van der Waals surface area contributed by atoms with E-state index in [1.165, 1.54) is 6.33 Å². The molecule has 0 saturated heterocycles. The lowest BCUT2D eigenvalue weighted by Crippen LogP contribution is -2.01. The Hall–Kier alpha value is -2.96. The van der Waals surface area contributed by atoms with Gasteiger partial charge in [0, 0.05) is 23.5 Å². The molecule has 0 unspecified atom stereocenters. The van der Waals surface area contributed by atoms with Gasteiger partial charge in [-0.05, 0) is 25.1 Å². The molecule has 0 aliphatic heterocycles. The summed E-state index contributed by atoms with van der Waals surface area (Å²) in [5.41, 5.74) is 3.63. The molecule has 0 aliphatic carbocycles. The van der Waals surface area contributed by atoms with E-state index in [2.05, 4.69) is 20.2 Å². The Labute approximate surface area is 119 Å². The third kappa shape index (κ3) is 1.74. The second-order valence-electron chi connectivity index (χ2n) is 4.67. The number of hydrogen-bond acceptors (Lipinski definition) is 5. The zero-order chi connectivity index (χ0) is 14.4. The summed E-state index contributed by atoms with van der Waals surface area (Å²) >= 11 is 0. The van der Waals surface area contributed by atoms with Crippen molar-refractivity contribution in [1.82, 2.24) is 29.2 Å². The van der Waals surface area contributed by atoms with E-state index in [1.54, 1.807) is 16.1 Å². The van der Waals surface area contributed by atoms with Crippen LogP contribution in [0.3, 0.4) is 0 Å². The van der Waals surface area contributed by atoms with Crippen molar-refractivity contribution in [3.05, 3.63) is 42.7 Å². The van der Waals surface area contributed by atoms with Crippen LogP contribution >= 0.6 is 0 Å². The molecule has 0 spiro atoms. The highest BCUT2D eigenvalue weighted by Crippen LogP contribution is 2.30. The van der Waals surface area contributed by atoms with Crippen LogP contribution in [0.1, 0.15) is 5.82 Å². The summed E-state index contributed by atoms with van der Waals surface area (Å²) in [7, 11) is 1.61. The van der Waals surface area contributed by atoms with E-state index < -0.39 is 0 Å². The Bertz CT molecular complexity index is 955. The van der Waals surface area contributed by atoms with E-state index in [1.807, 2.05) is 37.5 Å². The minimum absolute atomic E-state index is 0.557. The Morgan fingerprint density at radius 2 is 2.05 bits per heavy atom. The molecule has 7 nitrogen and oxygen atoms in total. The Morgan fingerprint density at radius 1 is 1.14 bits per heavy atom. The molecule has 21 heavy (non-hydrogen) atoms. The summed E-state index contributed by atoms with van der Waals surface area (Å²) in [6.45, 7) is 1.84. The number of pyridine rings is 1. The van der Waals surface area contributed by atoms with E-state index in [4.69, 9.17) is 4.74 Å². The van der Waals surface area contributed by atoms with Crippen LogP contribution in [0, 0.1) is 6.92 Å². The second kappa shape index (κ2) is 4.27. The summed E-state index contributed by atoms with van der Waals surface area (Å²) in [6.07, 6.45) is 5.36. The molecule has 4 heterocycles. The lowest BCUT2D eigenvalue weighted by molar-refractivity contribution is 0.397. The van der Waals surface area contributed by atoms with Crippen LogP contribution in [-0.4, -0.2) is 36.3 Å². The lowest BCUT2D eigenvalue weighted by atomic mass is 10.1. The van der Waals surface area contributed by atoms with Gasteiger partial charge in [-0.15, -0.1) is 0 Å². The van der Waals surface area contributed by atoms with Gasteiger partial charge in [-0.1, -0.05) is 0 Å². The van der Waals surface area contributed by atoms with Crippen molar-refractivity contribution in [2.24, 2.45) is 0 Å². The van der Waals surface area contributed by atoms with Gasteiger partial charge in [0.1, 0.15) is 17.7 Å². The molecule has 0 aromatic carbocycles. The fourth-order valence-electron chi connectivity index (χ4n) is 2.45. The van der Waals surface area contributed by atoms with E-state index in [0.29, 0.717) is 11.7 Å². The predicted octanol–water partition coefficient (Wildman–Crippen LogP) is 1.76. The molecule has 0 N–H and O–H groups in total. The third-order valence-corrected chi connectivity index (χ3v) is 3.36. The van der Waals surface area contributed by atoms with Gasteiger partial charge in [0.25, 0.3) is 0 Å². The second-order valence-corrected chi connectivity index (χ2v) is 4.67. The van der Waals surface area contributed by atoms with Gasteiger partial charge >= 0.3 is 0 Å². The largest absolute Gasteiger partial charge is 0.479 e. The van der Waals surface area contributed by atoms with Crippen LogP contribution in [0.2, 0.25) is 0 Å². The number of ether oxygens (including phenoxy) is 1. The van der Waals surface area contributed by atoms with Crippen LogP contribution < -0.4 is 4.74 Å². The average molecular weight is 280 g/mol. The van der Waals surface area contributed by atoms with Gasteiger partial charge in [0.05, 0.1) is 7.11 Å². The number of aromatic nitrogens is 6. The monoisotopic (exact) mass is 280 g/mol. The number of methoxy groups -OCH3 is 1. The molecule has 0 aliphatic rings. The van der Waals surface area contributed by atoms with E-state index in [9.17, 15) is 0 Å². The lowest BCUT2D eigenvalue weighted by Gasteiger charge is -2.06. The molecule has 4 aromatic rings. The van der Waals surface area contributed by atoms with Gasteiger partial charge in [0.15, 0.2) is 5.65 Å². The Balaban J connectivity index is 2.01. The van der Waals surface area contributed by atoms with E-state index >= 15 is 0 Å². The molecular formula is C14H12N6O. The van der Waals surface area contributed by atoms with Gasteiger partial charge < -0.3 is 4.74 Å². The van der Waals surface area contributed by atoms with Crippen molar-refractivity contribution >= 4 is 11.2 Å². The van der Waals surface area contributed by atoms with Gasteiger partial charge in [-0.25, -0.2) is 14.0 Å². The molecule has 0 atom stereocenters. The molecule has 7 heteroatoms. The third-order valence-electron chi connectivity index (χ3n) is 3.36. The Morgan fingerprint density at radius 3 is 2.90 bits per heavy atom. The van der Waals surface area contributed by atoms with Crippen LogP contribution in [0.5, 0.6) is 5.88 Å². The average Bonchev–Trinajstić information content (AvgIpc) is 3.11. The van der Waals surface area contributed by atoms with E-state index in [-0.39, 0.29) is 0 Å². The van der Waals surface area contributed by atoms with Crippen LogP contribution in [-0.2, 0) is 0 Å². The van der Waals surface area contributed by atoms with Gasteiger partial charge in [-0.3, -0.25) is 0 Å². The first-order valence-electron chi connectivity index (χ1n) is 6.46. The molecule has 0 radical (unpaired) electrons. The maximum absolute atomic E-state index is 5.39. The topological polar surface area (TPSA) is 69.6 Å².